The number of unbranched alkanes of at least 4 members (excludes halogenated alkanes) is 18. The van der Waals surface area contributed by atoms with E-state index in [9.17, 15) is 29.4 Å². The van der Waals surface area contributed by atoms with Gasteiger partial charge < -0.3 is 24.6 Å². The second-order valence-electron chi connectivity index (χ2n) is 15.6. The van der Waals surface area contributed by atoms with E-state index in [2.05, 4.69) is 13.8 Å². The van der Waals surface area contributed by atoms with Crippen molar-refractivity contribution in [3.8, 4) is 0 Å². The van der Waals surface area contributed by atoms with Crippen LogP contribution in [-0.4, -0.2) is 66.3 Å². The largest absolute Gasteiger partial charge is 0.481 e. The molecule has 1 aromatic carbocycles. The lowest BCUT2D eigenvalue weighted by atomic mass is 9.85. The van der Waals surface area contributed by atoms with Crippen molar-refractivity contribution in [1.82, 2.24) is 4.90 Å². The number of carboxylic acids is 2. The average Bonchev–Trinajstić information content (AvgIpc) is 3.12. The van der Waals surface area contributed by atoms with E-state index in [1.807, 2.05) is 37.2 Å². The summed E-state index contributed by atoms with van der Waals surface area (Å²) in [5.74, 6) is -3.32. The molecule has 0 aliphatic heterocycles. The highest BCUT2D eigenvalue weighted by molar-refractivity contribution is 5.78. The minimum atomic E-state index is -0.876. The molecule has 2 N–H and O–H groups in total. The summed E-state index contributed by atoms with van der Waals surface area (Å²) in [6.07, 6.45) is 24.3. The van der Waals surface area contributed by atoms with Gasteiger partial charge >= 0.3 is 23.9 Å². The van der Waals surface area contributed by atoms with Gasteiger partial charge in [0.2, 0.25) is 0 Å². The first-order chi connectivity index (χ1) is 26.1. The monoisotopic (exact) mass is 760 g/mol. The highest BCUT2D eigenvalue weighted by atomic mass is 16.5. The van der Waals surface area contributed by atoms with Crippen LogP contribution in [0, 0.1) is 0 Å². The molecule has 310 valence electrons. The second kappa shape index (κ2) is 32.3. The number of carboxylic acid groups (broad SMARTS) is 2. The van der Waals surface area contributed by atoms with Crippen LogP contribution >= 0.6 is 0 Å². The van der Waals surface area contributed by atoms with Crippen LogP contribution in [-0.2, 0) is 35.2 Å². The van der Waals surface area contributed by atoms with Crippen LogP contribution in [0.5, 0.6) is 0 Å². The van der Waals surface area contributed by atoms with Crippen molar-refractivity contribution < 1.29 is 38.9 Å². The van der Waals surface area contributed by atoms with Crippen LogP contribution < -0.4 is 0 Å². The summed E-state index contributed by atoms with van der Waals surface area (Å²) >= 11 is 0. The van der Waals surface area contributed by atoms with Gasteiger partial charge in [0.1, 0.15) is 0 Å². The summed E-state index contributed by atoms with van der Waals surface area (Å²) in [7, 11) is 3.91. The second-order valence-corrected chi connectivity index (χ2v) is 15.6. The van der Waals surface area contributed by atoms with E-state index in [4.69, 9.17) is 9.47 Å². The number of hydrogen-bond donors (Lipinski definition) is 2. The van der Waals surface area contributed by atoms with Crippen molar-refractivity contribution in [2.24, 2.45) is 0 Å². The summed E-state index contributed by atoms with van der Waals surface area (Å²) in [5.41, 5.74) is 2.30. The molecule has 54 heavy (non-hydrogen) atoms. The number of carbonyl (C=O) groups is 4. The van der Waals surface area contributed by atoms with E-state index < -0.39 is 23.8 Å². The molecular formula is C45H77NO8. The number of ether oxygens (including phenoxy) is 2. The van der Waals surface area contributed by atoms with Crippen LogP contribution in [0.2, 0.25) is 0 Å². The minimum Gasteiger partial charge on any atom is -0.481 e. The molecule has 0 aliphatic rings. The molecular weight excluding hydrogens is 682 g/mol. The smallest absolute Gasteiger partial charge is 0.310 e. The zero-order valence-corrected chi connectivity index (χ0v) is 34.7. The molecule has 1 rings (SSSR count). The third-order valence-electron chi connectivity index (χ3n) is 10.2. The molecule has 0 bridgehead atoms. The predicted octanol–water partition coefficient (Wildman–Crippen LogP) is 11.4. The number of esters is 2. The van der Waals surface area contributed by atoms with Gasteiger partial charge in [-0.1, -0.05) is 148 Å². The number of carbonyl (C=O) groups excluding carboxylic acids is 2. The maximum absolute atomic E-state index is 12.5. The Morgan fingerprint density at radius 1 is 0.519 bits per heavy atom. The van der Waals surface area contributed by atoms with Gasteiger partial charge in [-0.05, 0) is 69.3 Å². The van der Waals surface area contributed by atoms with Crippen LogP contribution in [0.1, 0.15) is 209 Å². The molecule has 0 amide bonds. The van der Waals surface area contributed by atoms with Gasteiger partial charge in [-0.25, -0.2) is 0 Å². The molecule has 0 spiro atoms. The number of nitrogens with zero attached hydrogens (tertiary/aromatic N) is 1. The topological polar surface area (TPSA) is 130 Å². The van der Waals surface area contributed by atoms with Gasteiger partial charge in [0.15, 0.2) is 0 Å². The summed E-state index contributed by atoms with van der Waals surface area (Å²) in [5, 5.41) is 20.5. The molecule has 9 nitrogen and oxygen atoms in total. The number of benzene rings is 1. The van der Waals surface area contributed by atoms with E-state index in [0.29, 0.717) is 56.6 Å². The summed E-state index contributed by atoms with van der Waals surface area (Å²) in [4.78, 5) is 50.8. The van der Waals surface area contributed by atoms with Gasteiger partial charge in [0.05, 0.1) is 25.0 Å². The van der Waals surface area contributed by atoms with Crippen molar-refractivity contribution in [1.29, 1.82) is 0 Å². The highest BCUT2D eigenvalue weighted by Gasteiger charge is 2.25. The Balaban J connectivity index is 2.53. The van der Waals surface area contributed by atoms with E-state index in [-0.39, 0.29) is 11.9 Å². The predicted molar refractivity (Wildman–Crippen MR) is 218 cm³/mol. The molecule has 0 aliphatic carbocycles. The maximum atomic E-state index is 12.5. The van der Waals surface area contributed by atoms with Gasteiger partial charge in [-0.15, -0.1) is 0 Å². The van der Waals surface area contributed by atoms with Crippen molar-refractivity contribution in [2.75, 3.05) is 27.3 Å². The zero-order chi connectivity index (χ0) is 39.8. The van der Waals surface area contributed by atoms with E-state index >= 15 is 0 Å². The van der Waals surface area contributed by atoms with Gasteiger partial charge in [0, 0.05) is 19.4 Å². The molecule has 0 aromatic heterocycles. The van der Waals surface area contributed by atoms with Gasteiger partial charge in [-0.2, -0.15) is 0 Å². The Hall–Kier alpha value is -2.94. The SMILES string of the molecule is CCCCCCCC(=O)OCCCCCCCCC(C(=O)O)c1cc(CN(C)C)cc(C(CCCCCCCCOC(=O)CCCCCCC)C(=O)O)c1. The van der Waals surface area contributed by atoms with Crippen molar-refractivity contribution >= 4 is 23.9 Å². The van der Waals surface area contributed by atoms with Crippen LogP contribution in [0.4, 0.5) is 0 Å². The van der Waals surface area contributed by atoms with Gasteiger partial charge in [0.25, 0.3) is 0 Å². The average molecular weight is 760 g/mol. The molecule has 0 saturated carbocycles. The lowest BCUT2D eigenvalue weighted by molar-refractivity contribution is -0.144. The van der Waals surface area contributed by atoms with Crippen LogP contribution in [0.15, 0.2) is 18.2 Å². The number of aliphatic carboxylic acids is 2. The third kappa shape index (κ3) is 25.2. The van der Waals surface area contributed by atoms with Crippen LogP contribution in [0.3, 0.4) is 0 Å². The molecule has 2 atom stereocenters. The van der Waals surface area contributed by atoms with E-state index in [1.54, 1.807) is 0 Å². The fourth-order valence-electron chi connectivity index (χ4n) is 7.05. The summed E-state index contributed by atoms with van der Waals surface area (Å²) in [6.45, 7) is 5.89. The Morgan fingerprint density at radius 3 is 1.24 bits per heavy atom. The first-order valence-electron chi connectivity index (χ1n) is 21.6. The molecule has 0 saturated heterocycles. The summed E-state index contributed by atoms with van der Waals surface area (Å²) in [6, 6.07) is 5.72. The maximum Gasteiger partial charge on any atom is 0.310 e. The fourth-order valence-corrected chi connectivity index (χ4v) is 7.05. The van der Waals surface area contributed by atoms with Crippen molar-refractivity contribution in [3.63, 3.8) is 0 Å². The molecule has 9 heteroatoms. The molecule has 0 heterocycles. The Labute approximate surface area is 328 Å². The normalized spacial score (nSPS) is 12.5. The number of hydrogen-bond acceptors (Lipinski definition) is 7. The van der Waals surface area contributed by atoms with E-state index in [0.717, 1.165) is 108 Å². The number of rotatable bonds is 36. The highest BCUT2D eigenvalue weighted by Crippen LogP contribution is 2.31. The zero-order valence-electron chi connectivity index (χ0n) is 34.7. The van der Waals surface area contributed by atoms with E-state index in [1.165, 1.54) is 38.5 Å². The standard InChI is InChI=1S/C45H77NO8/c1-5-7-9-15-23-29-42(47)53-31-25-19-13-11-17-21-27-40(44(49)50)38-33-37(36-46(3)4)34-39(35-38)41(45(51)52)28-22-18-12-14-20-26-32-54-43(48)30-24-16-10-8-6-2/h33-35,40-41H,5-32,36H2,1-4H3,(H,49,50)(H,51,52). The quantitative estimate of drug-likeness (QED) is 0.0507. The van der Waals surface area contributed by atoms with Gasteiger partial charge in [-0.3, -0.25) is 19.2 Å². The minimum absolute atomic E-state index is 0.0961. The third-order valence-corrected chi connectivity index (χ3v) is 10.2. The molecule has 2 unspecified atom stereocenters. The Bertz CT molecular complexity index is 1070. The Kier molecular flexibility index (Phi) is 29.4. The van der Waals surface area contributed by atoms with Crippen LogP contribution in [0.25, 0.3) is 0 Å². The Morgan fingerprint density at radius 2 is 0.870 bits per heavy atom. The molecule has 1 aromatic rings. The summed E-state index contributed by atoms with van der Waals surface area (Å²) < 4.78 is 10.7. The van der Waals surface area contributed by atoms with Crippen molar-refractivity contribution in [2.45, 2.75) is 199 Å². The first kappa shape index (κ1) is 49.1. The van der Waals surface area contributed by atoms with Crippen molar-refractivity contribution in [3.05, 3.63) is 34.9 Å². The fraction of sp³-hybridized carbons (Fsp3) is 0.778. The molecule has 0 radical (unpaired) electrons. The lowest BCUT2D eigenvalue weighted by Gasteiger charge is -2.20. The lowest BCUT2D eigenvalue weighted by Crippen LogP contribution is -2.17. The molecule has 0 fully saturated rings. The first-order valence-corrected chi connectivity index (χ1v) is 21.6.